The first-order valence-corrected chi connectivity index (χ1v) is 5.50. The number of rotatable bonds is 2. The third-order valence-electron chi connectivity index (χ3n) is 2.60. The van der Waals surface area contributed by atoms with Crippen molar-refractivity contribution in [1.29, 1.82) is 0 Å². The third-order valence-corrected chi connectivity index (χ3v) is 2.60. The SMILES string of the molecule is [Cl-].c1ccc(N[n+]2ccc3ccccc3c2)nc1. The predicted octanol–water partition coefficient (Wildman–Crippen LogP) is -0.598. The second-order valence-corrected chi connectivity index (χ2v) is 3.81. The van der Waals surface area contributed by atoms with Gasteiger partial charge in [0.15, 0.2) is 5.82 Å². The summed E-state index contributed by atoms with van der Waals surface area (Å²) < 4.78 is 1.91. The summed E-state index contributed by atoms with van der Waals surface area (Å²) >= 11 is 0. The van der Waals surface area contributed by atoms with E-state index in [0.29, 0.717) is 0 Å². The number of pyridine rings is 2. The quantitative estimate of drug-likeness (QED) is 0.622. The minimum Gasteiger partial charge on any atom is -1.00 e. The van der Waals surface area contributed by atoms with E-state index < -0.39 is 0 Å². The van der Waals surface area contributed by atoms with Crippen molar-refractivity contribution in [2.45, 2.75) is 0 Å². The van der Waals surface area contributed by atoms with E-state index in [-0.39, 0.29) is 12.4 Å². The first kappa shape index (κ1) is 12.3. The molecule has 4 heteroatoms. The number of aromatic nitrogens is 2. The van der Waals surface area contributed by atoms with Gasteiger partial charge in [0.1, 0.15) is 0 Å². The van der Waals surface area contributed by atoms with E-state index in [9.17, 15) is 0 Å². The van der Waals surface area contributed by atoms with E-state index in [0.717, 1.165) is 5.82 Å². The molecule has 0 atom stereocenters. The van der Waals surface area contributed by atoms with Gasteiger partial charge >= 0.3 is 0 Å². The van der Waals surface area contributed by atoms with Gasteiger partial charge in [0.25, 0.3) is 0 Å². The molecule has 0 fully saturated rings. The van der Waals surface area contributed by atoms with Crippen molar-refractivity contribution in [3.63, 3.8) is 0 Å². The zero-order valence-electron chi connectivity index (χ0n) is 9.62. The van der Waals surface area contributed by atoms with Crippen LogP contribution >= 0.6 is 0 Å². The summed E-state index contributed by atoms with van der Waals surface area (Å²) in [6.45, 7) is 0. The Morgan fingerprint density at radius 1 is 0.889 bits per heavy atom. The second-order valence-electron chi connectivity index (χ2n) is 3.81. The Bertz CT molecular complexity index is 641. The summed E-state index contributed by atoms with van der Waals surface area (Å²) in [5, 5.41) is 2.42. The normalized spacial score (nSPS) is 9.78. The molecule has 0 radical (unpaired) electrons. The Hall–Kier alpha value is -2.13. The smallest absolute Gasteiger partial charge is 0.207 e. The molecular weight excluding hydrogens is 246 g/mol. The second kappa shape index (κ2) is 5.47. The fraction of sp³-hybridized carbons (Fsp3) is 0. The summed E-state index contributed by atoms with van der Waals surface area (Å²) in [6, 6.07) is 16.1. The van der Waals surface area contributed by atoms with Crippen LogP contribution in [0.5, 0.6) is 0 Å². The van der Waals surface area contributed by atoms with E-state index >= 15 is 0 Å². The van der Waals surface area contributed by atoms with Crippen LogP contribution in [-0.4, -0.2) is 4.98 Å². The molecule has 0 saturated heterocycles. The molecule has 18 heavy (non-hydrogen) atoms. The highest BCUT2D eigenvalue weighted by Crippen LogP contribution is 2.09. The lowest BCUT2D eigenvalue weighted by atomic mass is 10.2. The summed E-state index contributed by atoms with van der Waals surface area (Å²) in [4.78, 5) is 4.22. The first-order chi connectivity index (χ1) is 8.42. The number of nitrogens with zero attached hydrogens (tertiary/aromatic N) is 2. The highest BCUT2D eigenvalue weighted by Gasteiger charge is 2.03. The van der Waals surface area contributed by atoms with Crippen molar-refractivity contribution in [2.24, 2.45) is 0 Å². The molecule has 0 unspecified atom stereocenters. The average Bonchev–Trinajstić information content (AvgIpc) is 2.40. The maximum absolute atomic E-state index is 4.22. The first-order valence-electron chi connectivity index (χ1n) is 5.50. The Balaban J connectivity index is 0.00000120. The summed E-state index contributed by atoms with van der Waals surface area (Å²) in [5.41, 5.74) is 3.20. The molecular formula is C14H12ClN3. The van der Waals surface area contributed by atoms with Crippen LogP contribution in [0.3, 0.4) is 0 Å². The maximum atomic E-state index is 4.22. The van der Waals surface area contributed by atoms with Crippen LogP contribution in [0.4, 0.5) is 5.82 Å². The molecule has 1 aromatic carbocycles. The van der Waals surface area contributed by atoms with Crippen LogP contribution < -0.4 is 22.5 Å². The minimum atomic E-state index is 0. The van der Waals surface area contributed by atoms with E-state index in [1.807, 2.05) is 47.4 Å². The van der Waals surface area contributed by atoms with Gasteiger partial charge in [-0.25, -0.2) is 4.98 Å². The van der Waals surface area contributed by atoms with Gasteiger partial charge in [-0.1, -0.05) is 28.9 Å². The van der Waals surface area contributed by atoms with Crippen LogP contribution in [0.1, 0.15) is 0 Å². The van der Waals surface area contributed by atoms with Gasteiger partial charge in [0.05, 0.1) is 0 Å². The Kier molecular flexibility index (Phi) is 3.75. The van der Waals surface area contributed by atoms with Crippen molar-refractivity contribution < 1.29 is 17.1 Å². The van der Waals surface area contributed by atoms with Gasteiger partial charge < -0.3 is 12.4 Å². The number of halogens is 1. The Labute approximate surface area is 111 Å². The van der Waals surface area contributed by atoms with Crippen molar-refractivity contribution in [2.75, 3.05) is 5.43 Å². The van der Waals surface area contributed by atoms with Gasteiger partial charge in [-0.2, -0.15) is 0 Å². The van der Waals surface area contributed by atoms with Crippen LogP contribution in [-0.2, 0) is 0 Å². The van der Waals surface area contributed by atoms with Crippen molar-refractivity contribution in [3.8, 4) is 0 Å². The van der Waals surface area contributed by atoms with Gasteiger partial charge in [-0.15, -0.1) is 5.43 Å². The largest absolute Gasteiger partial charge is 1.00 e. The fourth-order valence-corrected chi connectivity index (χ4v) is 1.76. The molecule has 1 N–H and O–H groups in total. The standard InChI is InChI=1S/C14H12N3.ClH/c1-2-6-13-11-17(10-8-12(13)5-1)16-14-7-3-4-9-15-14;/h1-11H,(H,15,16);1H/q+1;/p-1. The van der Waals surface area contributed by atoms with Gasteiger partial charge in [0, 0.05) is 17.6 Å². The van der Waals surface area contributed by atoms with Crippen LogP contribution in [0.15, 0.2) is 67.1 Å². The van der Waals surface area contributed by atoms with Crippen molar-refractivity contribution >= 4 is 16.6 Å². The third kappa shape index (κ3) is 2.57. The average molecular weight is 258 g/mol. The maximum Gasteiger partial charge on any atom is 0.207 e. The molecule has 0 aliphatic heterocycles. The van der Waals surface area contributed by atoms with E-state index in [4.69, 9.17) is 0 Å². The molecule has 0 aliphatic carbocycles. The van der Waals surface area contributed by atoms with E-state index in [2.05, 4.69) is 28.6 Å². The van der Waals surface area contributed by atoms with E-state index in [1.54, 1.807) is 6.20 Å². The lowest BCUT2D eigenvalue weighted by molar-refractivity contribution is -0.641. The number of fused-ring (bicyclic) bond motifs is 1. The molecule has 0 amide bonds. The highest BCUT2D eigenvalue weighted by molar-refractivity contribution is 5.80. The monoisotopic (exact) mass is 257 g/mol. The molecule has 3 rings (SSSR count). The summed E-state index contributed by atoms with van der Waals surface area (Å²) in [5.74, 6) is 0.827. The van der Waals surface area contributed by atoms with Gasteiger partial charge in [-0.05, 0) is 23.6 Å². The Morgan fingerprint density at radius 3 is 2.44 bits per heavy atom. The molecule has 0 aliphatic rings. The number of anilines is 1. The molecule has 90 valence electrons. The zero-order valence-corrected chi connectivity index (χ0v) is 10.4. The van der Waals surface area contributed by atoms with Gasteiger partial charge in [-0.3, -0.25) is 0 Å². The van der Waals surface area contributed by atoms with E-state index in [1.165, 1.54) is 10.8 Å². The summed E-state index contributed by atoms with van der Waals surface area (Å²) in [6.07, 6.45) is 5.80. The van der Waals surface area contributed by atoms with Gasteiger partial charge in [0.2, 0.25) is 12.4 Å². The fourth-order valence-electron chi connectivity index (χ4n) is 1.76. The van der Waals surface area contributed by atoms with Crippen LogP contribution in [0, 0.1) is 0 Å². The minimum absolute atomic E-state index is 0. The number of hydrogen-bond acceptors (Lipinski definition) is 2. The lowest BCUT2D eigenvalue weighted by Crippen LogP contribution is -3.00. The summed E-state index contributed by atoms with van der Waals surface area (Å²) in [7, 11) is 0. The molecule has 0 saturated carbocycles. The molecule has 3 nitrogen and oxygen atoms in total. The predicted molar refractivity (Wildman–Crippen MR) is 67.4 cm³/mol. The zero-order chi connectivity index (χ0) is 11.5. The molecule has 0 bridgehead atoms. The number of hydrogen-bond donors (Lipinski definition) is 1. The van der Waals surface area contributed by atoms with Crippen molar-refractivity contribution in [3.05, 3.63) is 67.1 Å². The number of nitrogens with one attached hydrogen (secondary N) is 1. The highest BCUT2D eigenvalue weighted by atomic mass is 35.5. The number of benzene rings is 1. The van der Waals surface area contributed by atoms with Crippen molar-refractivity contribution in [1.82, 2.24) is 4.98 Å². The Morgan fingerprint density at radius 2 is 1.67 bits per heavy atom. The van der Waals surface area contributed by atoms with Crippen LogP contribution in [0.2, 0.25) is 0 Å². The molecule has 2 heterocycles. The lowest BCUT2D eigenvalue weighted by Gasteiger charge is -2.00. The molecule has 0 spiro atoms. The van der Waals surface area contributed by atoms with Crippen LogP contribution in [0.25, 0.3) is 10.8 Å². The topological polar surface area (TPSA) is 28.8 Å². The molecule has 2 aromatic heterocycles. The molecule has 3 aromatic rings.